The Morgan fingerprint density at radius 2 is 1.88 bits per heavy atom. The lowest BCUT2D eigenvalue weighted by Crippen LogP contribution is -2.38. The van der Waals surface area contributed by atoms with Gasteiger partial charge in [0, 0.05) is 18.8 Å². The first-order valence-corrected chi connectivity index (χ1v) is 10.4. The fraction of sp³-hybridized carbons (Fsp3) is 0.250. The van der Waals surface area contributed by atoms with Crippen LogP contribution in [0, 0.1) is 0 Å². The van der Waals surface area contributed by atoms with E-state index in [1.807, 2.05) is 61.5 Å². The largest absolute Gasteiger partial charge is 0.494 e. The van der Waals surface area contributed by atoms with Crippen LogP contribution in [0.25, 0.3) is 0 Å². The van der Waals surface area contributed by atoms with E-state index >= 15 is 0 Å². The van der Waals surface area contributed by atoms with Crippen LogP contribution in [-0.2, 0) is 6.54 Å². The van der Waals surface area contributed by atoms with Gasteiger partial charge in [-0.25, -0.2) is 4.99 Å². The van der Waals surface area contributed by atoms with Gasteiger partial charge in [-0.1, -0.05) is 30.3 Å². The van der Waals surface area contributed by atoms with Gasteiger partial charge in [0.2, 0.25) is 0 Å². The van der Waals surface area contributed by atoms with E-state index in [1.54, 1.807) is 12.1 Å². The van der Waals surface area contributed by atoms with Crippen LogP contribution in [0.2, 0.25) is 0 Å². The minimum Gasteiger partial charge on any atom is -0.494 e. The summed E-state index contributed by atoms with van der Waals surface area (Å²) < 4.78 is 10.8. The summed E-state index contributed by atoms with van der Waals surface area (Å²) in [6, 6.07) is 20.7. The number of carbonyl (C=O) groups is 1. The van der Waals surface area contributed by atoms with E-state index in [1.165, 1.54) is 6.26 Å². The smallest absolute Gasteiger partial charge is 0.291 e. The summed E-state index contributed by atoms with van der Waals surface area (Å²) in [4.78, 5) is 16.8. The fourth-order valence-electron chi connectivity index (χ4n) is 2.85. The Morgan fingerprint density at radius 1 is 1.03 bits per heavy atom. The number of furan rings is 1. The molecule has 0 unspecified atom stereocenters. The number of rotatable bonds is 10. The van der Waals surface area contributed by atoms with E-state index in [9.17, 15) is 4.79 Å². The van der Waals surface area contributed by atoms with Crippen molar-refractivity contribution in [3.05, 3.63) is 84.3 Å². The molecule has 8 heteroatoms. The molecular weight excluding hydrogens is 519 g/mol. The molecule has 0 saturated carbocycles. The second-order valence-corrected chi connectivity index (χ2v) is 6.77. The number of nitrogens with one attached hydrogen (secondary N) is 3. The van der Waals surface area contributed by atoms with Gasteiger partial charge in [-0.15, -0.1) is 24.0 Å². The molecule has 0 saturated heterocycles. The molecule has 0 aliphatic heterocycles. The molecule has 0 spiro atoms. The van der Waals surface area contributed by atoms with Gasteiger partial charge in [0.25, 0.3) is 5.91 Å². The number of carbonyl (C=O) groups excluding carboxylic acids is 1. The van der Waals surface area contributed by atoms with Gasteiger partial charge >= 0.3 is 0 Å². The van der Waals surface area contributed by atoms with Crippen LogP contribution < -0.4 is 20.7 Å². The Balaban J connectivity index is 0.00000363. The number of benzene rings is 2. The molecule has 0 aliphatic rings. The minimum absolute atomic E-state index is 0. The van der Waals surface area contributed by atoms with Crippen molar-refractivity contribution >= 4 is 41.5 Å². The number of guanidine groups is 1. The number of halogens is 1. The summed E-state index contributed by atoms with van der Waals surface area (Å²) in [5.74, 6) is 1.62. The average Bonchev–Trinajstić information content (AvgIpc) is 3.33. The number of amides is 1. The molecule has 0 fully saturated rings. The van der Waals surface area contributed by atoms with Crippen LogP contribution in [-0.4, -0.2) is 31.6 Å². The molecular formula is C24H29IN4O3. The molecule has 3 N–H and O–H groups in total. The van der Waals surface area contributed by atoms with Crippen molar-refractivity contribution in [3.8, 4) is 5.75 Å². The molecule has 0 radical (unpaired) electrons. The standard InChI is InChI=1S/C24H28N4O3.HI/c1-2-25-24(26-14-8-16-30-21-11-4-3-5-12-21)27-18-19-9-6-10-20(17-19)28-23(29)22-13-7-15-31-22;/h3-7,9-13,15,17H,2,8,14,16,18H2,1H3,(H,28,29)(H2,25,26,27);1H. The molecule has 1 aromatic heterocycles. The molecule has 3 rings (SSSR count). The predicted molar refractivity (Wildman–Crippen MR) is 138 cm³/mol. The number of hydrogen-bond acceptors (Lipinski definition) is 4. The number of nitrogens with zero attached hydrogens (tertiary/aromatic N) is 1. The number of ether oxygens (including phenoxy) is 1. The number of anilines is 1. The van der Waals surface area contributed by atoms with E-state index in [4.69, 9.17) is 9.15 Å². The van der Waals surface area contributed by atoms with E-state index < -0.39 is 0 Å². The van der Waals surface area contributed by atoms with Gasteiger partial charge in [-0.3, -0.25) is 4.79 Å². The molecule has 3 aromatic rings. The maximum atomic E-state index is 12.1. The molecule has 0 aliphatic carbocycles. The highest BCUT2D eigenvalue weighted by molar-refractivity contribution is 14.0. The highest BCUT2D eigenvalue weighted by atomic mass is 127. The second-order valence-electron chi connectivity index (χ2n) is 6.77. The maximum Gasteiger partial charge on any atom is 0.291 e. The van der Waals surface area contributed by atoms with Gasteiger partial charge in [0.05, 0.1) is 19.4 Å². The van der Waals surface area contributed by atoms with Crippen molar-refractivity contribution in [2.45, 2.75) is 19.9 Å². The zero-order valence-corrected chi connectivity index (χ0v) is 20.4. The van der Waals surface area contributed by atoms with Crippen molar-refractivity contribution < 1.29 is 13.9 Å². The minimum atomic E-state index is -0.279. The van der Waals surface area contributed by atoms with Crippen LogP contribution in [0.4, 0.5) is 5.69 Å². The summed E-state index contributed by atoms with van der Waals surface area (Å²) in [5, 5.41) is 9.40. The topological polar surface area (TPSA) is 87.9 Å². The first-order chi connectivity index (χ1) is 15.2. The Labute approximate surface area is 205 Å². The molecule has 32 heavy (non-hydrogen) atoms. The number of para-hydroxylation sites is 1. The quantitative estimate of drug-likeness (QED) is 0.148. The third-order valence-electron chi connectivity index (χ3n) is 4.32. The van der Waals surface area contributed by atoms with Crippen molar-refractivity contribution in [3.63, 3.8) is 0 Å². The first-order valence-electron chi connectivity index (χ1n) is 10.4. The van der Waals surface area contributed by atoms with Crippen LogP contribution >= 0.6 is 24.0 Å². The fourth-order valence-corrected chi connectivity index (χ4v) is 2.85. The van der Waals surface area contributed by atoms with Gasteiger partial charge < -0.3 is 25.1 Å². The Kier molecular flexibility index (Phi) is 11.1. The van der Waals surface area contributed by atoms with E-state index in [2.05, 4.69) is 20.9 Å². The van der Waals surface area contributed by atoms with Gasteiger partial charge in [0.15, 0.2) is 11.7 Å². The second kappa shape index (κ2) is 14.1. The van der Waals surface area contributed by atoms with Gasteiger partial charge in [-0.2, -0.15) is 0 Å². The third-order valence-corrected chi connectivity index (χ3v) is 4.32. The molecule has 1 amide bonds. The normalized spacial score (nSPS) is 10.7. The van der Waals surface area contributed by atoms with Crippen LogP contribution in [0.15, 0.2) is 82.4 Å². The van der Waals surface area contributed by atoms with Gasteiger partial charge in [-0.05, 0) is 55.3 Å². The predicted octanol–water partition coefficient (Wildman–Crippen LogP) is 4.67. The Bertz CT molecular complexity index is 962. The summed E-state index contributed by atoms with van der Waals surface area (Å²) in [5.41, 5.74) is 1.69. The Morgan fingerprint density at radius 3 is 2.62 bits per heavy atom. The van der Waals surface area contributed by atoms with Crippen molar-refractivity contribution in [2.75, 3.05) is 25.0 Å². The van der Waals surface area contributed by atoms with Gasteiger partial charge in [0.1, 0.15) is 5.75 Å². The molecule has 0 atom stereocenters. The van der Waals surface area contributed by atoms with Crippen LogP contribution in [0.3, 0.4) is 0 Å². The SMILES string of the molecule is CCNC(=NCc1cccc(NC(=O)c2ccco2)c1)NCCCOc1ccccc1.I. The van der Waals surface area contributed by atoms with Crippen molar-refractivity contribution in [1.29, 1.82) is 0 Å². The zero-order valence-electron chi connectivity index (χ0n) is 18.0. The highest BCUT2D eigenvalue weighted by Gasteiger charge is 2.08. The summed E-state index contributed by atoms with van der Waals surface area (Å²) in [6.07, 6.45) is 2.33. The van der Waals surface area contributed by atoms with Crippen molar-refractivity contribution in [2.24, 2.45) is 4.99 Å². The van der Waals surface area contributed by atoms with Crippen LogP contribution in [0.1, 0.15) is 29.5 Å². The molecule has 170 valence electrons. The lowest BCUT2D eigenvalue weighted by Gasteiger charge is -2.12. The summed E-state index contributed by atoms with van der Waals surface area (Å²) >= 11 is 0. The van der Waals surface area contributed by atoms with Crippen LogP contribution in [0.5, 0.6) is 5.75 Å². The van der Waals surface area contributed by atoms with E-state index in [-0.39, 0.29) is 35.6 Å². The highest BCUT2D eigenvalue weighted by Crippen LogP contribution is 2.13. The van der Waals surface area contributed by atoms with E-state index in [0.29, 0.717) is 18.8 Å². The summed E-state index contributed by atoms with van der Waals surface area (Å²) in [7, 11) is 0. The third kappa shape index (κ3) is 8.62. The lowest BCUT2D eigenvalue weighted by atomic mass is 10.2. The van der Waals surface area contributed by atoms with Crippen molar-refractivity contribution in [1.82, 2.24) is 10.6 Å². The lowest BCUT2D eigenvalue weighted by molar-refractivity contribution is 0.0996. The zero-order chi connectivity index (χ0) is 21.7. The van der Waals surface area contributed by atoms with E-state index in [0.717, 1.165) is 36.8 Å². The molecule has 0 bridgehead atoms. The summed E-state index contributed by atoms with van der Waals surface area (Å²) in [6.45, 7) is 4.66. The monoisotopic (exact) mass is 548 g/mol. The molecule has 2 aromatic carbocycles. The molecule has 7 nitrogen and oxygen atoms in total. The molecule has 1 heterocycles. The number of hydrogen-bond donors (Lipinski definition) is 3. The maximum absolute atomic E-state index is 12.1. The number of aliphatic imine (C=N–C) groups is 1. The average molecular weight is 548 g/mol. The first kappa shape index (κ1) is 25.3. The Hall–Kier alpha value is -3.01.